The molecular formula is C21H25N3OS. The molecule has 1 aromatic heterocycles. The van der Waals surface area contributed by atoms with Crippen molar-refractivity contribution in [3.8, 4) is 6.07 Å². The standard InChI is InChI=1S/C21H25N3OS/c1-3-15-8-9-19-16(10-15)11-17(12-22)21(24-19)26-13-20(25)23-18-7-5-4-6-14(18)2/h8-11,14,18H,3-7,13H2,1-2H3,(H,23,25)/t14-,18-/m1/s1. The number of nitrogens with one attached hydrogen (secondary N) is 1. The van der Waals surface area contributed by atoms with E-state index in [9.17, 15) is 10.1 Å². The average molecular weight is 368 g/mol. The number of pyridine rings is 1. The summed E-state index contributed by atoms with van der Waals surface area (Å²) in [4.78, 5) is 16.9. The summed E-state index contributed by atoms with van der Waals surface area (Å²) in [5.74, 6) is 0.864. The van der Waals surface area contributed by atoms with Gasteiger partial charge in [-0.25, -0.2) is 4.98 Å². The molecule has 2 aromatic rings. The molecule has 4 nitrogen and oxygen atoms in total. The zero-order chi connectivity index (χ0) is 18.5. The third-order valence-corrected chi connectivity index (χ3v) is 6.16. The highest BCUT2D eigenvalue weighted by molar-refractivity contribution is 8.00. The molecular weight excluding hydrogens is 342 g/mol. The number of aromatic nitrogens is 1. The van der Waals surface area contributed by atoms with E-state index >= 15 is 0 Å². The van der Waals surface area contributed by atoms with Gasteiger partial charge in [0.25, 0.3) is 0 Å². The Labute approximate surface area is 159 Å². The molecule has 0 saturated heterocycles. The Morgan fingerprint density at radius 2 is 2.15 bits per heavy atom. The van der Waals surface area contributed by atoms with Crippen molar-refractivity contribution in [2.45, 2.75) is 57.0 Å². The highest BCUT2D eigenvalue weighted by atomic mass is 32.2. The Kier molecular flexibility index (Phi) is 6.16. The number of aryl methyl sites for hydroxylation is 1. The van der Waals surface area contributed by atoms with Gasteiger partial charge in [-0.1, -0.05) is 44.5 Å². The molecule has 0 spiro atoms. The zero-order valence-corrected chi connectivity index (χ0v) is 16.2. The van der Waals surface area contributed by atoms with Gasteiger partial charge in [-0.3, -0.25) is 4.79 Å². The molecule has 1 N–H and O–H groups in total. The first-order valence-corrected chi connectivity index (χ1v) is 10.3. The fourth-order valence-corrected chi connectivity index (χ4v) is 4.31. The number of hydrogen-bond acceptors (Lipinski definition) is 4. The number of nitrogens with zero attached hydrogens (tertiary/aromatic N) is 2. The van der Waals surface area contributed by atoms with Crippen LogP contribution >= 0.6 is 11.8 Å². The van der Waals surface area contributed by atoms with Gasteiger partial charge in [-0.2, -0.15) is 5.26 Å². The molecule has 0 bridgehead atoms. The lowest BCUT2D eigenvalue weighted by Gasteiger charge is -2.29. The summed E-state index contributed by atoms with van der Waals surface area (Å²) in [6.07, 6.45) is 5.65. The molecule has 136 valence electrons. The fourth-order valence-electron chi connectivity index (χ4n) is 3.53. The maximum Gasteiger partial charge on any atom is 0.230 e. The Balaban J connectivity index is 1.69. The number of amides is 1. The van der Waals surface area contributed by atoms with Crippen LogP contribution in [-0.2, 0) is 11.2 Å². The van der Waals surface area contributed by atoms with Crippen LogP contribution in [0.3, 0.4) is 0 Å². The summed E-state index contributed by atoms with van der Waals surface area (Å²) < 4.78 is 0. The summed E-state index contributed by atoms with van der Waals surface area (Å²) >= 11 is 1.35. The second-order valence-corrected chi connectivity index (χ2v) is 8.02. The van der Waals surface area contributed by atoms with E-state index in [2.05, 4.69) is 42.4 Å². The van der Waals surface area contributed by atoms with Gasteiger partial charge in [-0.15, -0.1) is 0 Å². The minimum absolute atomic E-state index is 0.0286. The van der Waals surface area contributed by atoms with Crippen molar-refractivity contribution in [2.24, 2.45) is 5.92 Å². The van der Waals surface area contributed by atoms with Crippen LogP contribution in [0.1, 0.15) is 50.7 Å². The number of carbonyl (C=O) groups is 1. The average Bonchev–Trinajstić information content (AvgIpc) is 2.67. The molecule has 0 unspecified atom stereocenters. The molecule has 1 fully saturated rings. The molecule has 0 aliphatic heterocycles. The van der Waals surface area contributed by atoms with E-state index in [-0.39, 0.29) is 11.9 Å². The van der Waals surface area contributed by atoms with Crippen molar-refractivity contribution in [2.75, 3.05) is 5.75 Å². The highest BCUT2D eigenvalue weighted by Gasteiger charge is 2.23. The van der Waals surface area contributed by atoms with Crippen molar-refractivity contribution < 1.29 is 4.79 Å². The van der Waals surface area contributed by atoms with E-state index in [1.807, 2.05) is 12.1 Å². The van der Waals surface area contributed by atoms with E-state index < -0.39 is 0 Å². The van der Waals surface area contributed by atoms with Crippen molar-refractivity contribution >= 4 is 28.6 Å². The van der Waals surface area contributed by atoms with Crippen molar-refractivity contribution in [3.05, 3.63) is 35.4 Å². The van der Waals surface area contributed by atoms with Crippen LogP contribution in [0.5, 0.6) is 0 Å². The van der Waals surface area contributed by atoms with Crippen molar-refractivity contribution in [3.63, 3.8) is 0 Å². The van der Waals surface area contributed by atoms with Gasteiger partial charge in [0.2, 0.25) is 5.91 Å². The quantitative estimate of drug-likeness (QED) is 0.793. The zero-order valence-electron chi connectivity index (χ0n) is 15.4. The van der Waals surface area contributed by atoms with E-state index in [1.165, 1.54) is 36.6 Å². The lowest BCUT2D eigenvalue weighted by atomic mass is 9.86. The van der Waals surface area contributed by atoms with Gasteiger partial charge in [0.15, 0.2) is 0 Å². The summed E-state index contributed by atoms with van der Waals surface area (Å²) in [7, 11) is 0. The molecule has 26 heavy (non-hydrogen) atoms. The lowest BCUT2D eigenvalue weighted by molar-refractivity contribution is -0.119. The van der Waals surface area contributed by atoms with E-state index in [0.29, 0.717) is 22.3 Å². The Morgan fingerprint density at radius 1 is 1.35 bits per heavy atom. The van der Waals surface area contributed by atoms with Gasteiger partial charge < -0.3 is 5.32 Å². The van der Waals surface area contributed by atoms with Crippen LogP contribution in [0.4, 0.5) is 0 Å². The first-order valence-electron chi connectivity index (χ1n) is 9.36. The first kappa shape index (κ1) is 18.7. The predicted octanol–water partition coefficient (Wildman–Crippen LogP) is 4.46. The number of fused-ring (bicyclic) bond motifs is 1. The number of benzene rings is 1. The second-order valence-electron chi connectivity index (χ2n) is 7.06. The topological polar surface area (TPSA) is 65.8 Å². The third kappa shape index (κ3) is 4.37. The highest BCUT2D eigenvalue weighted by Crippen LogP contribution is 2.26. The smallest absolute Gasteiger partial charge is 0.230 e. The minimum Gasteiger partial charge on any atom is -0.352 e. The molecule has 2 atom stereocenters. The molecule has 3 rings (SSSR count). The predicted molar refractivity (Wildman–Crippen MR) is 106 cm³/mol. The maximum absolute atomic E-state index is 12.3. The Hall–Kier alpha value is -2.06. The summed E-state index contributed by atoms with van der Waals surface area (Å²) in [5.41, 5.74) is 2.63. The second kappa shape index (κ2) is 8.55. The molecule has 1 aliphatic carbocycles. The summed E-state index contributed by atoms with van der Waals surface area (Å²) in [6, 6.07) is 10.5. The molecule has 1 aliphatic rings. The number of carbonyl (C=O) groups excluding carboxylic acids is 1. The van der Waals surface area contributed by atoms with Crippen LogP contribution in [0.15, 0.2) is 29.3 Å². The lowest BCUT2D eigenvalue weighted by Crippen LogP contribution is -2.41. The largest absolute Gasteiger partial charge is 0.352 e. The van der Waals surface area contributed by atoms with Gasteiger partial charge in [0, 0.05) is 11.4 Å². The van der Waals surface area contributed by atoms with Crippen molar-refractivity contribution in [1.29, 1.82) is 5.26 Å². The summed E-state index contributed by atoms with van der Waals surface area (Å²) in [5, 5.41) is 14.2. The first-order chi connectivity index (χ1) is 12.6. The van der Waals surface area contributed by atoms with Crippen LogP contribution in [0.25, 0.3) is 10.9 Å². The number of nitriles is 1. The monoisotopic (exact) mass is 367 g/mol. The molecule has 0 radical (unpaired) electrons. The normalized spacial score (nSPS) is 19.9. The summed E-state index contributed by atoms with van der Waals surface area (Å²) in [6.45, 7) is 4.32. The molecule has 1 aromatic carbocycles. The number of hydrogen-bond donors (Lipinski definition) is 1. The minimum atomic E-state index is 0.0286. The molecule has 5 heteroatoms. The molecule has 1 heterocycles. The van der Waals surface area contributed by atoms with E-state index in [1.54, 1.807) is 0 Å². The van der Waals surface area contributed by atoms with Crippen LogP contribution in [0, 0.1) is 17.2 Å². The van der Waals surface area contributed by atoms with Crippen LogP contribution in [-0.4, -0.2) is 22.7 Å². The maximum atomic E-state index is 12.3. The SMILES string of the molecule is CCc1ccc2nc(SCC(=O)N[C@@H]3CCCC[C@H]3C)c(C#N)cc2c1. The van der Waals surface area contributed by atoms with E-state index in [4.69, 9.17) is 0 Å². The van der Waals surface area contributed by atoms with Crippen molar-refractivity contribution in [1.82, 2.24) is 10.3 Å². The number of thioether (sulfide) groups is 1. The van der Waals surface area contributed by atoms with Gasteiger partial charge >= 0.3 is 0 Å². The third-order valence-electron chi connectivity index (χ3n) is 5.17. The van der Waals surface area contributed by atoms with Crippen LogP contribution < -0.4 is 5.32 Å². The molecule has 1 amide bonds. The molecule has 1 saturated carbocycles. The van der Waals surface area contributed by atoms with Gasteiger partial charge in [-0.05, 0) is 48.9 Å². The van der Waals surface area contributed by atoms with Gasteiger partial charge in [0.05, 0.1) is 16.8 Å². The van der Waals surface area contributed by atoms with Gasteiger partial charge in [0.1, 0.15) is 11.1 Å². The van der Waals surface area contributed by atoms with E-state index in [0.717, 1.165) is 23.7 Å². The number of rotatable bonds is 5. The Bertz CT molecular complexity index is 843. The Morgan fingerprint density at radius 3 is 2.88 bits per heavy atom. The van der Waals surface area contributed by atoms with Crippen LogP contribution in [0.2, 0.25) is 0 Å². The fraction of sp³-hybridized carbons (Fsp3) is 0.476.